The molecule has 1 aromatic rings. The predicted octanol–water partition coefficient (Wildman–Crippen LogP) is 2.53. The minimum Gasteiger partial charge on any atom is -0.491 e. The smallest absolute Gasteiger partial charge is 0.308 e. The Morgan fingerprint density at radius 1 is 1.26 bits per heavy atom. The number of carbonyl (C=O) groups is 1. The Morgan fingerprint density at radius 2 is 2.11 bits per heavy atom. The highest BCUT2D eigenvalue weighted by molar-refractivity contribution is 5.73. The summed E-state index contributed by atoms with van der Waals surface area (Å²) >= 11 is 0. The van der Waals surface area contributed by atoms with Gasteiger partial charge < -0.3 is 14.7 Å². The molecule has 0 radical (unpaired) electrons. The maximum Gasteiger partial charge on any atom is 0.308 e. The third kappa shape index (κ3) is 2.27. The zero-order chi connectivity index (χ0) is 13.2. The summed E-state index contributed by atoms with van der Waals surface area (Å²) in [4.78, 5) is 13.7. The first kappa shape index (κ1) is 12.3. The van der Waals surface area contributed by atoms with E-state index in [-0.39, 0.29) is 12.0 Å². The molecule has 2 aliphatic rings. The molecule has 2 unspecified atom stereocenters. The van der Waals surface area contributed by atoms with Crippen molar-refractivity contribution < 1.29 is 14.6 Å². The van der Waals surface area contributed by atoms with Crippen molar-refractivity contribution >= 4 is 11.7 Å². The van der Waals surface area contributed by atoms with E-state index in [9.17, 15) is 9.90 Å². The molecule has 0 saturated heterocycles. The van der Waals surface area contributed by atoms with Gasteiger partial charge in [0, 0.05) is 12.6 Å². The number of para-hydroxylation sites is 2. The normalized spacial score (nSPS) is 26.4. The first-order chi connectivity index (χ1) is 9.27. The highest BCUT2D eigenvalue weighted by atomic mass is 16.5. The lowest BCUT2D eigenvalue weighted by atomic mass is 10.0. The molecule has 1 aromatic carbocycles. The van der Waals surface area contributed by atoms with Crippen LogP contribution >= 0.6 is 0 Å². The monoisotopic (exact) mass is 261 g/mol. The number of aliphatic carboxylic acids is 1. The maximum atomic E-state index is 11.4. The average molecular weight is 261 g/mol. The largest absolute Gasteiger partial charge is 0.491 e. The molecule has 1 aliphatic heterocycles. The highest BCUT2D eigenvalue weighted by Crippen LogP contribution is 2.38. The Labute approximate surface area is 113 Å². The molecule has 2 atom stereocenters. The number of anilines is 1. The molecule has 1 heterocycles. The van der Waals surface area contributed by atoms with Crippen LogP contribution in [0.1, 0.15) is 25.7 Å². The van der Waals surface area contributed by atoms with Crippen LogP contribution in [0.5, 0.6) is 5.75 Å². The Kier molecular flexibility index (Phi) is 3.32. The molecule has 0 aromatic heterocycles. The molecular formula is C15H19NO3. The lowest BCUT2D eigenvalue weighted by molar-refractivity contribution is -0.141. The molecule has 0 bridgehead atoms. The van der Waals surface area contributed by atoms with E-state index in [4.69, 9.17) is 4.74 Å². The number of carboxylic acid groups (broad SMARTS) is 1. The standard InChI is InChI=1S/C15H19NO3/c17-15(18)11-5-3-7-12(11)16-9-4-10-19-14-8-2-1-6-13(14)16/h1-2,6,8,11-12H,3-5,7,9-10H2,(H,17,18). The lowest BCUT2D eigenvalue weighted by Gasteiger charge is -2.32. The van der Waals surface area contributed by atoms with Crippen LogP contribution in [0, 0.1) is 5.92 Å². The zero-order valence-corrected chi connectivity index (χ0v) is 10.9. The fraction of sp³-hybridized carbons (Fsp3) is 0.533. The number of hydrogen-bond acceptors (Lipinski definition) is 3. The SMILES string of the molecule is O=C(O)C1CCCC1N1CCCOc2ccccc21. The van der Waals surface area contributed by atoms with Crippen molar-refractivity contribution in [3.63, 3.8) is 0 Å². The first-order valence-electron chi connectivity index (χ1n) is 6.98. The van der Waals surface area contributed by atoms with Gasteiger partial charge in [0.1, 0.15) is 5.75 Å². The molecule has 4 nitrogen and oxygen atoms in total. The van der Waals surface area contributed by atoms with Gasteiger partial charge in [0.25, 0.3) is 0 Å². The molecule has 0 amide bonds. The van der Waals surface area contributed by atoms with Gasteiger partial charge in [0.15, 0.2) is 0 Å². The third-order valence-electron chi connectivity index (χ3n) is 4.17. The summed E-state index contributed by atoms with van der Waals surface area (Å²) < 4.78 is 5.74. The molecule has 102 valence electrons. The average Bonchev–Trinajstić information content (AvgIpc) is 2.80. The Bertz CT molecular complexity index is 474. The minimum atomic E-state index is -0.662. The van der Waals surface area contributed by atoms with E-state index in [1.54, 1.807) is 0 Å². The van der Waals surface area contributed by atoms with E-state index in [0.29, 0.717) is 6.61 Å². The van der Waals surface area contributed by atoms with Crippen LogP contribution < -0.4 is 9.64 Å². The van der Waals surface area contributed by atoms with Crippen LogP contribution in [0.3, 0.4) is 0 Å². The maximum absolute atomic E-state index is 11.4. The summed E-state index contributed by atoms with van der Waals surface area (Å²) in [6, 6.07) is 8.08. The van der Waals surface area contributed by atoms with Crippen LogP contribution in [0.25, 0.3) is 0 Å². The summed E-state index contributed by atoms with van der Waals surface area (Å²) in [6.45, 7) is 1.59. The minimum absolute atomic E-state index is 0.111. The molecule has 1 fully saturated rings. The molecule has 1 aliphatic carbocycles. The van der Waals surface area contributed by atoms with Gasteiger partial charge in [-0.1, -0.05) is 18.6 Å². The summed E-state index contributed by atoms with van der Waals surface area (Å²) in [7, 11) is 0. The lowest BCUT2D eigenvalue weighted by Crippen LogP contribution is -2.41. The molecule has 4 heteroatoms. The number of nitrogens with zero attached hydrogens (tertiary/aromatic N) is 1. The van der Waals surface area contributed by atoms with E-state index in [1.165, 1.54) is 0 Å². The van der Waals surface area contributed by atoms with E-state index in [2.05, 4.69) is 4.90 Å². The summed E-state index contributed by atoms with van der Waals surface area (Å²) in [5.41, 5.74) is 1.05. The van der Waals surface area contributed by atoms with Crippen molar-refractivity contribution in [2.24, 2.45) is 5.92 Å². The summed E-state index contributed by atoms with van der Waals surface area (Å²) in [5, 5.41) is 9.37. The molecule has 0 spiro atoms. The van der Waals surface area contributed by atoms with Gasteiger partial charge in [-0.25, -0.2) is 0 Å². The van der Waals surface area contributed by atoms with Gasteiger partial charge in [-0.3, -0.25) is 4.79 Å². The molecule has 1 N–H and O–H groups in total. The van der Waals surface area contributed by atoms with E-state index < -0.39 is 5.97 Å². The third-order valence-corrected chi connectivity index (χ3v) is 4.17. The van der Waals surface area contributed by atoms with Crippen molar-refractivity contribution in [2.75, 3.05) is 18.1 Å². The number of fused-ring (bicyclic) bond motifs is 1. The summed E-state index contributed by atoms with van der Waals surface area (Å²) in [5.74, 6) is -0.0210. The second kappa shape index (κ2) is 5.11. The number of benzene rings is 1. The fourth-order valence-electron chi connectivity index (χ4n) is 3.30. The second-order valence-corrected chi connectivity index (χ2v) is 5.31. The Morgan fingerprint density at radius 3 is 2.95 bits per heavy atom. The van der Waals surface area contributed by atoms with Gasteiger partial charge in [-0.15, -0.1) is 0 Å². The van der Waals surface area contributed by atoms with Crippen LogP contribution in [0.15, 0.2) is 24.3 Å². The molecular weight excluding hydrogens is 242 g/mol. The molecule has 19 heavy (non-hydrogen) atoms. The Balaban J connectivity index is 1.93. The second-order valence-electron chi connectivity index (χ2n) is 5.31. The highest BCUT2D eigenvalue weighted by Gasteiger charge is 2.38. The van der Waals surface area contributed by atoms with Crippen molar-refractivity contribution in [1.29, 1.82) is 0 Å². The van der Waals surface area contributed by atoms with E-state index >= 15 is 0 Å². The van der Waals surface area contributed by atoms with Gasteiger partial charge in [0.2, 0.25) is 0 Å². The first-order valence-corrected chi connectivity index (χ1v) is 6.98. The van der Waals surface area contributed by atoms with Crippen molar-refractivity contribution in [3.05, 3.63) is 24.3 Å². The van der Waals surface area contributed by atoms with Crippen LogP contribution in [0.4, 0.5) is 5.69 Å². The molecule has 1 saturated carbocycles. The van der Waals surface area contributed by atoms with Gasteiger partial charge in [-0.05, 0) is 31.4 Å². The fourth-order valence-corrected chi connectivity index (χ4v) is 3.30. The Hall–Kier alpha value is -1.71. The van der Waals surface area contributed by atoms with Crippen molar-refractivity contribution in [3.8, 4) is 5.75 Å². The quantitative estimate of drug-likeness (QED) is 0.888. The van der Waals surface area contributed by atoms with Gasteiger partial charge >= 0.3 is 5.97 Å². The predicted molar refractivity (Wildman–Crippen MR) is 72.7 cm³/mol. The van der Waals surface area contributed by atoms with Gasteiger partial charge in [0.05, 0.1) is 18.2 Å². The number of carboxylic acids is 1. The van der Waals surface area contributed by atoms with Gasteiger partial charge in [-0.2, -0.15) is 0 Å². The number of hydrogen-bond donors (Lipinski definition) is 1. The van der Waals surface area contributed by atoms with Crippen LogP contribution in [0.2, 0.25) is 0 Å². The van der Waals surface area contributed by atoms with Crippen molar-refractivity contribution in [2.45, 2.75) is 31.7 Å². The number of ether oxygens (including phenoxy) is 1. The summed E-state index contributed by atoms with van der Waals surface area (Å²) in [6.07, 6.45) is 3.70. The molecule has 3 rings (SSSR count). The number of rotatable bonds is 2. The zero-order valence-electron chi connectivity index (χ0n) is 10.9. The van der Waals surface area contributed by atoms with Crippen LogP contribution in [-0.4, -0.2) is 30.3 Å². The van der Waals surface area contributed by atoms with E-state index in [1.807, 2.05) is 24.3 Å². The van der Waals surface area contributed by atoms with Crippen molar-refractivity contribution in [1.82, 2.24) is 0 Å². The van der Waals surface area contributed by atoms with E-state index in [0.717, 1.165) is 43.7 Å². The topological polar surface area (TPSA) is 49.8 Å². The van der Waals surface area contributed by atoms with Crippen LogP contribution in [-0.2, 0) is 4.79 Å².